The standard InChI is InChI=1S/C19H19F3N2O/c1-12(23-17-11-6-13-4-2-3-5-16(13)17)18(25)24-15-9-7-14(8-10-15)19(20,21)22/h2-5,7-10,12,17,23H,6,11H2,1H3,(H,24,25)/t12-,17-/m0/s1. The van der Waals surface area contributed by atoms with Crippen molar-refractivity contribution in [3.05, 3.63) is 65.2 Å². The first kappa shape index (κ1) is 17.5. The Morgan fingerprint density at radius 3 is 2.48 bits per heavy atom. The molecule has 132 valence electrons. The molecule has 0 aromatic heterocycles. The quantitative estimate of drug-likeness (QED) is 0.864. The van der Waals surface area contributed by atoms with Crippen molar-refractivity contribution in [3.8, 4) is 0 Å². The zero-order chi connectivity index (χ0) is 18.0. The molecule has 0 aliphatic heterocycles. The van der Waals surface area contributed by atoms with E-state index in [1.54, 1.807) is 6.92 Å². The van der Waals surface area contributed by atoms with E-state index in [0.29, 0.717) is 5.69 Å². The minimum absolute atomic E-state index is 0.115. The van der Waals surface area contributed by atoms with Gasteiger partial charge < -0.3 is 5.32 Å². The van der Waals surface area contributed by atoms with Crippen molar-refractivity contribution in [1.29, 1.82) is 0 Å². The van der Waals surface area contributed by atoms with Crippen molar-refractivity contribution in [2.75, 3.05) is 5.32 Å². The van der Waals surface area contributed by atoms with E-state index in [2.05, 4.69) is 22.8 Å². The summed E-state index contributed by atoms with van der Waals surface area (Å²) in [6, 6.07) is 12.2. The third-order valence-electron chi connectivity index (χ3n) is 4.46. The maximum atomic E-state index is 12.6. The van der Waals surface area contributed by atoms with Gasteiger partial charge in [0, 0.05) is 11.7 Å². The molecule has 1 aliphatic rings. The van der Waals surface area contributed by atoms with Gasteiger partial charge in [0.05, 0.1) is 11.6 Å². The van der Waals surface area contributed by atoms with E-state index in [-0.39, 0.29) is 11.9 Å². The molecule has 2 atom stereocenters. The fourth-order valence-corrected chi connectivity index (χ4v) is 3.10. The van der Waals surface area contributed by atoms with Gasteiger partial charge in [-0.1, -0.05) is 24.3 Å². The molecule has 0 fully saturated rings. The fourth-order valence-electron chi connectivity index (χ4n) is 3.10. The number of hydrogen-bond acceptors (Lipinski definition) is 2. The lowest BCUT2D eigenvalue weighted by atomic mass is 10.1. The van der Waals surface area contributed by atoms with E-state index in [1.807, 2.05) is 12.1 Å². The number of carbonyl (C=O) groups is 1. The van der Waals surface area contributed by atoms with E-state index >= 15 is 0 Å². The number of nitrogens with one attached hydrogen (secondary N) is 2. The third-order valence-corrected chi connectivity index (χ3v) is 4.46. The molecule has 2 aromatic carbocycles. The minimum atomic E-state index is -4.38. The molecule has 3 nitrogen and oxygen atoms in total. The van der Waals surface area contributed by atoms with Crippen LogP contribution in [0.4, 0.5) is 18.9 Å². The van der Waals surface area contributed by atoms with E-state index in [9.17, 15) is 18.0 Å². The highest BCUT2D eigenvalue weighted by molar-refractivity contribution is 5.94. The second-order valence-electron chi connectivity index (χ2n) is 6.24. The van der Waals surface area contributed by atoms with E-state index in [0.717, 1.165) is 25.0 Å². The van der Waals surface area contributed by atoms with Crippen LogP contribution in [0, 0.1) is 0 Å². The van der Waals surface area contributed by atoms with Crippen LogP contribution in [0.3, 0.4) is 0 Å². The number of benzene rings is 2. The molecule has 0 radical (unpaired) electrons. The van der Waals surface area contributed by atoms with Crippen LogP contribution < -0.4 is 10.6 Å². The molecule has 0 bridgehead atoms. The molecule has 0 unspecified atom stereocenters. The maximum Gasteiger partial charge on any atom is 0.416 e. The number of carbonyl (C=O) groups excluding carboxylic acids is 1. The molecule has 1 aliphatic carbocycles. The zero-order valence-electron chi connectivity index (χ0n) is 13.7. The van der Waals surface area contributed by atoms with Gasteiger partial charge in [-0.25, -0.2) is 0 Å². The predicted molar refractivity (Wildman–Crippen MR) is 90.2 cm³/mol. The Balaban J connectivity index is 1.60. The number of halogens is 3. The van der Waals surface area contributed by atoms with Gasteiger partial charge in [-0.15, -0.1) is 0 Å². The van der Waals surface area contributed by atoms with Crippen molar-refractivity contribution >= 4 is 11.6 Å². The van der Waals surface area contributed by atoms with Gasteiger partial charge in [-0.05, 0) is 55.2 Å². The first-order valence-electron chi connectivity index (χ1n) is 8.16. The number of alkyl halides is 3. The molecule has 25 heavy (non-hydrogen) atoms. The summed E-state index contributed by atoms with van der Waals surface area (Å²) < 4.78 is 37.7. The van der Waals surface area contributed by atoms with Crippen LogP contribution in [0.15, 0.2) is 48.5 Å². The summed E-state index contributed by atoms with van der Waals surface area (Å²) in [5.41, 5.74) is 2.10. The van der Waals surface area contributed by atoms with E-state index in [4.69, 9.17) is 0 Å². The Hall–Kier alpha value is -2.34. The van der Waals surface area contributed by atoms with Crippen molar-refractivity contribution in [2.45, 2.75) is 38.0 Å². The lowest BCUT2D eigenvalue weighted by Gasteiger charge is -2.20. The van der Waals surface area contributed by atoms with Crippen molar-refractivity contribution in [2.24, 2.45) is 0 Å². The molecular formula is C19H19F3N2O. The summed E-state index contributed by atoms with van der Waals surface area (Å²) in [7, 11) is 0. The molecule has 2 aromatic rings. The van der Waals surface area contributed by atoms with Crippen LogP contribution in [0.1, 0.15) is 36.1 Å². The van der Waals surface area contributed by atoms with Crippen LogP contribution >= 0.6 is 0 Å². The number of aryl methyl sites for hydroxylation is 1. The van der Waals surface area contributed by atoms with Crippen LogP contribution in [0.25, 0.3) is 0 Å². The third kappa shape index (κ3) is 4.02. The van der Waals surface area contributed by atoms with Gasteiger partial charge in [-0.2, -0.15) is 13.2 Å². The molecule has 2 N–H and O–H groups in total. The van der Waals surface area contributed by atoms with Gasteiger partial charge in [0.2, 0.25) is 5.91 Å². The average molecular weight is 348 g/mol. The van der Waals surface area contributed by atoms with E-state index in [1.165, 1.54) is 23.3 Å². The number of rotatable bonds is 4. The average Bonchev–Trinajstić information content (AvgIpc) is 2.97. The second kappa shape index (κ2) is 6.88. The zero-order valence-corrected chi connectivity index (χ0v) is 13.7. The molecule has 6 heteroatoms. The maximum absolute atomic E-state index is 12.6. The molecule has 1 amide bonds. The molecule has 0 heterocycles. The SMILES string of the molecule is C[C@H](N[C@H]1CCc2ccccc21)C(=O)Nc1ccc(C(F)(F)F)cc1. The highest BCUT2D eigenvalue weighted by Crippen LogP contribution is 2.31. The van der Waals surface area contributed by atoms with Crippen LogP contribution in [-0.2, 0) is 17.4 Å². The number of fused-ring (bicyclic) bond motifs is 1. The first-order valence-corrected chi connectivity index (χ1v) is 8.16. The molecule has 0 saturated carbocycles. The van der Waals surface area contributed by atoms with Gasteiger partial charge >= 0.3 is 6.18 Å². The largest absolute Gasteiger partial charge is 0.416 e. The van der Waals surface area contributed by atoms with Crippen LogP contribution in [-0.4, -0.2) is 11.9 Å². The molecular weight excluding hydrogens is 329 g/mol. The summed E-state index contributed by atoms with van der Waals surface area (Å²) in [4.78, 5) is 12.3. The fraction of sp³-hybridized carbons (Fsp3) is 0.316. The van der Waals surface area contributed by atoms with Gasteiger partial charge in [-0.3, -0.25) is 10.1 Å². The molecule has 3 rings (SSSR count). The van der Waals surface area contributed by atoms with E-state index < -0.39 is 17.8 Å². The van der Waals surface area contributed by atoms with Crippen LogP contribution in [0.2, 0.25) is 0 Å². The monoisotopic (exact) mass is 348 g/mol. The van der Waals surface area contributed by atoms with Gasteiger partial charge in [0.25, 0.3) is 0 Å². The topological polar surface area (TPSA) is 41.1 Å². The van der Waals surface area contributed by atoms with Crippen molar-refractivity contribution < 1.29 is 18.0 Å². The first-order chi connectivity index (χ1) is 11.8. The highest BCUT2D eigenvalue weighted by atomic mass is 19.4. The lowest BCUT2D eigenvalue weighted by Crippen LogP contribution is -2.39. The van der Waals surface area contributed by atoms with Gasteiger partial charge in [0.15, 0.2) is 0 Å². The molecule has 0 spiro atoms. The Bertz CT molecular complexity index is 756. The highest BCUT2D eigenvalue weighted by Gasteiger charge is 2.30. The Morgan fingerprint density at radius 2 is 1.80 bits per heavy atom. The Labute approximate surface area is 144 Å². The number of amides is 1. The number of hydrogen-bond donors (Lipinski definition) is 2. The predicted octanol–water partition coefficient (Wildman–Crippen LogP) is 4.31. The summed E-state index contributed by atoms with van der Waals surface area (Å²) >= 11 is 0. The summed E-state index contributed by atoms with van der Waals surface area (Å²) in [5.74, 6) is -0.274. The minimum Gasteiger partial charge on any atom is -0.325 e. The summed E-state index contributed by atoms with van der Waals surface area (Å²) in [5, 5.41) is 5.95. The normalized spacial score (nSPS) is 17.8. The van der Waals surface area contributed by atoms with Crippen molar-refractivity contribution in [1.82, 2.24) is 5.32 Å². The lowest BCUT2D eigenvalue weighted by molar-refractivity contribution is -0.137. The van der Waals surface area contributed by atoms with Crippen molar-refractivity contribution in [3.63, 3.8) is 0 Å². The van der Waals surface area contributed by atoms with Crippen LogP contribution in [0.5, 0.6) is 0 Å². The van der Waals surface area contributed by atoms with Gasteiger partial charge in [0.1, 0.15) is 0 Å². The second-order valence-corrected chi connectivity index (χ2v) is 6.24. The summed E-state index contributed by atoms with van der Waals surface area (Å²) in [6.45, 7) is 1.75. The molecule has 0 saturated heterocycles. The number of anilines is 1. The Kier molecular flexibility index (Phi) is 4.81. The summed E-state index contributed by atoms with van der Waals surface area (Å²) in [6.07, 6.45) is -2.48. The smallest absolute Gasteiger partial charge is 0.325 e. The Morgan fingerprint density at radius 1 is 1.12 bits per heavy atom.